The number of nitrogens with zero attached hydrogens (tertiary/aromatic N) is 2. The van der Waals surface area contributed by atoms with Crippen LogP contribution in [0.2, 0.25) is 0 Å². The summed E-state index contributed by atoms with van der Waals surface area (Å²) < 4.78 is 2.08. The number of fused-ring (bicyclic) bond motifs is 1. The van der Waals surface area contributed by atoms with Crippen LogP contribution < -0.4 is 5.32 Å². The van der Waals surface area contributed by atoms with Gasteiger partial charge in [0.15, 0.2) is 0 Å². The number of amides is 1. The van der Waals surface area contributed by atoms with E-state index in [1.54, 1.807) is 0 Å². The Balaban J connectivity index is 1.32. The predicted octanol–water partition coefficient (Wildman–Crippen LogP) is 3.63. The standard InChI is InChI=1S/C23H27N3O/c1-25-17-20(21-6-2-3-7-22(21)25)14-23(27)24-15-18-8-10-19(11-9-18)16-26-12-4-5-13-26/h2-3,6-11,17H,4-5,12-16H2,1H3,(H,24,27). The molecule has 1 N–H and O–H groups in total. The van der Waals surface area contributed by atoms with Gasteiger partial charge in [0.25, 0.3) is 0 Å². The van der Waals surface area contributed by atoms with E-state index in [1.807, 2.05) is 19.2 Å². The van der Waals surface area contributed by atoms with Gasteiger partial charge in [-0.1, -0.05) is 42.5 Å². The maximum Gasteiger partial charge on any atom is 0.224 e. The first-order valence-electron chi connectivity index (χ1n) is 9.79. The first-order valence-corrected chi connectivity index (χ1v) is 9.79. The summed E-state index contributed by atoms with van der Waals surface area (Å²) in [5.41, 5.74) is 4.73. The van der Waals surface area contributed by atoms with Crippen LogP contribution in [-0.4, -0.2) is 28.5 Å². The van der Waals surface area contributed by atoms with Crippen LogP contribution >= 0.6 is 0 Å². The predicted molar refractivity (Wildman–Crippen MR) is 109 cm³/mol. The van der Waals surface area contributed by atoms with Crippen molar-refractivity contribution in [3.8, 4) is 0 Å². The molecule has 2 aromatic carbocycles. The summed E-state index contributed by atoms with van der Waals surface area (Å²) in [6, 6.07) is 16.8. The molecule has 1 aliphatic heterocycles. The van der Waals surface area contributed by atoms with Crippen LogP contribution in [0.4, 0.5) is 0 Å². The van der Waals surface area contributed by atoms with Crippen LogP contribution in [0.5, 0.6) is 0 Å². The van der Waals surface area contributed by atoms with Crippen molar-refractivity contribution in [1.82, 2.24) is 14.8 Å². The Morgan fingerprint density at radius 3 is 2.48 bits per heavy atom. The van der Waals surface area contributed by atoms with E-state index in [4.69, 9.17) is 0 Å². The minimum absolute atomic E-state index is 0.0625. The van der Waals surface area contributed by atoms with Gasteiger partial charge in [0.2, 0.25) is 5.91 Å². The minimum atomic E-state index is 0.0625. The van der Waals surface area contributed by atoms with E-state index < -0.39 is 0 Å². The van der Waals surface area contributed by atoms with Crippen LogP contribution in [0.1, 0.15) is 29.5 Å². The molecule has 0 aliphatic carbocycles. The van der Waals surface area contributed by atoms with Gasteiger partial charge in [-0.3, -0.25) is 9.69 Å². The van der Waals surface area contributed by atoms with Crippen LogP contribution in [0, 0.1) is 0 Å². The molecule has 2 heterocycles. The van der Waals surface area contributed by atoms with Crippen molar-refractivity contribution in [3.63, 3.8) is 0 Å². The molecule has 140 valence electrons. The average Bonchev–Trinajstić information content (AvgIpc) is 3.30. The molecule has 0 bridgehead atoms. The van der Waals surface area contributed by atoms with E-state index >= 15 is 0 Å². The van der Waals surface area contributed by atoms with Crippen molar-refractivity contribution in [1.29, 1.82) is 0 Å². The molecule has 0 radical (unpaired) electrons. The van der Waals surface area contributed by atoms with E-state index in [9.17, 15) is 4.79 Å². The third-order valence-corrected chi connectivity index (χ3v) is 5.45. The molecule has 1 saturated heterocycles. The van der Waals surface area contributed by atoms with Crippen molar-refractivity contribution < 1.29 is 4.79 Å². The number of hydrogen-bond donors (Lipinski definition) is 1. The van der Waals surface area contributed by atoms with Gasteiger partial charge in [0, 0.05) is 37.2 Å². The largest absolute Gasteiger partial charge is 0.352 e. The number of carbonyl (C=O) groups is 1. The first-order chi connectivity index (χ1) is 13.2. The molecule has 3 aromatic rings. The molecular formula is C23H27N3O. The number of aryl methyl sites for hydroxylation is 1. The lowest BCUT2D eigenvalue weighted by atomic mass is 10.1. The highest BCUT2D eigenvalue weighted by molar-refractivity contribution is 5.89. The monoisotopic (exact) mass is 361 g/mol. The molecule has 0 unspecified atom stereocenters. The molecule has 1 aromatic heterocycles. The molecule has 1 aliphatic rings. The number of likely N-dealkylation sites (tertiary alicyclic amines) is 1. The zero-order chi connectivity index (χ0) is 18.6. The third-order valence-electron chi connectivity index (χ3n) is 5.45. The molecule has 1 amide bonds. The van der Waals surface area contributed by atoms with Gasteiger partial charge in [-0.25, -0.2) is 0 Å². The fourth-order valence-electron chi connectivity index (χ4n) is 3.96. The van der Waals surface area contributed by atoms with Crippen LogP contribution in [0.15, 0.2) is 54.7 Å². The smallest absolute Gasteiger partial charge is 0.224 e. The van der Waals surface area contributed by atoms with Gasteiger partial charge >= 0.3 is 0 Å². The Labute approximate surface area is 160 Å². The summed E-state index contributed by atoms with van der Waals surface area (Å²) in [4.78, 5) is 14.9. The first kappa shape index (κ1) is 17.8. The minimum Gasteiger partial charge on any atom is -0.352 e. The van der Waals surface area contributed by atoms with Crippen molar-refractivity contribution in [2.24, 2.45) is 7.05 Å². The van der Waals surface area contributed by atoms with E-state index in [-0.39, 0.29) is 5.91 Å². The van der Waals surface area contributed by atoms with Gasteiger partial charge in [0.1, 0.15) is 0 Å². The van der Waals surface area contributed by atoms with Crippen molar-refractivity contribution in [3.05, 3.63) is 71.4 Å². The van der Waals surface area contributed by atoms with E-state index in [2.05, 4.69) is 57.4 Å². The lowest BCUT2D eigenvalue weighted by Gasteiger charge is -2.14. The number of benzene rings is 2. The van der Waals surface area contributed by atoms with Gasteiger partial charge in [-0.05, 0) is 48.7 Å². The van der Waals surface area contributed by atoms with Gasteiger partial charge < -0.3 is 9.88 Å². The van der Waals surface area contributed by atoms with Crippen molar-refractivity contribution >= 4 is 16.8 Å². The van der Waals surface area contributed by atoms with E-state index in [1.165, 1.54) is 31.5 Å². The topological polar surface area (TPSA) is 37.3 Å². The Bertz CT molecular complexity index is 920. The molecule has 4 rings (SSSR count). The molecular weight excluding hydrogens is 334 g/mol. The number of nitrogens with one attached hydrogen (secondary N) is 1. The summed E-state index contributed by atoms with van der Waals surface area (Å²) in [5, 5.41) is 4.21. The number of carbonyl (C=O) groups excluding carboxylic acids is 1. The maximum absolute atomic E-state index is 12.4. The van der Waals surface area contributed by atoms with Crippen LogP contribution in [0.3, 0.4) is 0 Å². The molecule has 0 atom stereocenters. The summed E-state index contributed by atoms with van der Waals surface area (Å²) in [6.45, 7) is 4.04. The van der Waals surface area contributed by atoms with Crippen LogP contribution in [-0.2, 0) is 31.4 Å². The third kappa shape index (κ3) is 4.22. The van der Waals surface area contributed by atoms with E-state index in [0.717, 1.165) is 28.6 Å². The Morgan fingerprint density at radius 1 is 1.00 bits per heavy atom. The summed E-state index contributed by atoms with van der Waals surface area (Å²) in [7, 11) is 2.02. The number of hydrogen-bond acceptors (Lipinski definition) is 2. The van der Waals surface area contributed by atoms with Gasteiger partial charge in [0.05, 0.1) is 6.42 Å². The zero-order valence-electron chi connectivity index (χ0n) is 15.9. The molecule has 27 heavy (non-hydrogen) atoms. The van der Waals surface area contributed by atoms with Gasteiger partial charge in [-0.15, -0.1) is 0 Å². The molecule has 4 heteroatoms. The van der Waals surface area contributed by atoms with Crippen LogP contribution in [0.25, 0.3) is 10.9 Å². The number of rotatable bonds is 6. The summed E-state index contributed by atoms with van der Waals surface area (Å²) >= 11 is 0. The Hall–Kier alpha value is -2.59. The normalized spacial score (nSPS) is 14.7. The summed E-state index contributed by atoms with van der Waals surface area (Å²) in [6.07, 6.45) is 5.10. The van der Waals surface area contributed by atoms with E-state index in [0.29, 0.717) is 13.0 Å². The molecule has 0 saturated carbocycles. The van der Waals surface area contributed by atoms with Gasteiger partial charge in [-0.2, -0.15) is 0 Å². The Morgan fingerprint density at radius 2 is 1.70 bits per heavy atom. The van der Waals surface area contributed by atoms with Crippen molar-refractivity contribution in [2.45, 2.75) is 32.4 Å². The fraction of sp³-hybridized carbons (Fsp3) is 0.348. The maximum atomic E-state index is 12.4. The highest BCUT2D eigenvalue weighted by atomic mass is 16.1. The SMILES string of the molecule is Cn1cc(CC(=O)NCc2ccc(CN3CCCC3)cc2)c2ccccc21. The highest BCUT2D eigenvalue weighted by Crippen LogP contribution is 2.20. The molecule has 4 nitrogen and oxygen atoms in total. The second-order valence-electron chi connectivity index (χ2n) is 7.54. The quantitative estimate of drug-likeness (QED) is 0.728. The second kappa shape index (κ2) is 7.97. The number of aromatic nitrogens is 1. The fourth-order valence-corrected chi connectivity index (χ4v) is 3.96. The van der Waals surface area contributed by atoms with Crippen molar-refractivity contribution in [2.75, 3.05) is 13.1 Å². The number of para-hydroxylation sites is 1. The average molecular weight is 361 g/mol. The lowest BCUT2D eigenvalue weighted by molar-refractivity contribution is -0.120. The summed E-state index contributed by atoms with van der Waals surface area (Å²) in [5.74, 6) is 0.0625. The zero-order valence-corrected chi connectivity index (χ0v) is 15.9. The lowest BCUT2D eigenvalue weighted by Crippen LogP contribution is -2.24. The molecule has 0 spiro atoms. The molecule has 1 fully saturated rings. The highest BCUT2D eigenvalue weighted by Gasteiger charge is 2.12. The second-order valence-corrected chi connectivity index (χ2v) is 7.54. The Kier molecular flexibility index (Phi) is 5.26.